The Balaban J connectivity index is 1.22. The third-order valence-electron chi connectivity index (χ3n) is 10.4. The van der Waals surface area contributed by atoms with Crippen molar-refractivity contribution in [3.8, 4) is 0 Å². The first kappa shape index (κ1) is 45.3. The predicted octanol–water partition coefficient (Wildman–Crippen LogP) is -2.74. The number of aliphatic hydroxyl groups is 5. The fraction of sp³-hybridized carbons (Fsp3) is 0.938. The van der Waals surface area contributed by atoms with Crippen molar-refractivity contribution >= 4 is 22.8 Å². The Morgan fingerprint density at radius 1 is 0.661 bits per heavy atom. The number of aliphatic hydroxyl groups excluding tert-OH is 5. The van der Waals surface area contributed by atoms with Gasteiger partial charge >= 0.3 is 16.4 Å². The zero-order valence-electron chi connectivity index (χ0n) is 31.1. The van der Waals surface area contributed by atoms with Gasteiger partial charge < -0.3 is 82.7 Å². The maximum Gasteiger partial charge on any atom is 0.397 e. The summed E-state index contributed by atoms with van der Waals surface area (Å²) in [6.07, 6.45) is -26.5. The van der Waals surface area contributed by atoms with E-state index in [4.69, 9.17) is 56.3 Å². The number of aliphatic carboxylic acids is 1. The first-order valence-electron chi connectivity index (χ1n) is 18.1. The highest BCUT2D eigenvalue weighted by Crippen LogP contribution is 2.37. The number of rotatable bonds is 14. The normalized spacial score (nSPS) is 47.9. The zero-order valence-corrected chi connectivity index (χ0v) is 31.9. The maximum atomic E-state index is 12.3. The molecule has 5 heterocycles. The van der Waals surface area contributed by atoms with Crippen LogP contribution in [0.4, 0.5) is 0 Å². The molecule has 21 atom stereocenters. The standard InChI is InChI=1S/C32H52O23S/c1-11-21(36)25(51-20-8-15(34)22(37)13(3)47-20)28(29(39)40)53-30(11)49-17-6-7-18(46-12(17)2)50-26-23(38)27(55-56(41,42)43)32(54-31(26)45-10-33)52-24-14(4)48-19(44-5)9-16(24)35/h10-28,30-32,34-38H,6-9H2,1-5H3,(H,39,40)(H,41,42,43)/t11?,12?,13-,14?,15+,16+,17-,18+,19-,20+,21+,22+,23-,24+,25-,26-,27?,28+,30+,31?,32+/m0/s1. The van der Waals surface area contributed by atoms with Gasteiger partial charge in [0.15, 0.2) is 49.8 Å². The summed E-state index contributed by atoms with van der Waals surface area (Å²) in [7, 11) is -3.91. The minimum absolute atomic E-state index is 0.0242. The van der Waals surface area contributed by atoms with Crippen LogP contribution in [-0.2, 0) is 76.3 Å². The van der Waals surface area contributed by atoms with Crippen LogP contribution in [0, 0.1) is 5.92 Å². The Kier molecular flexibility index (Phi) is 15.4. The van der Waals surface area contributed by atoms with Crippen LogP contribution in [0.2, 0.25) is 0 Å². The molecule has 0 aromatic carbocycles. The number of methoxy groups -OCH3 is 1. The van der Waals surface area contributed by atoms with Crippen LogP contribution in [-0.4, -0.2) is 186 Å². The van der Waals surface area contributed by atoms with Crippen LogP contribution >= 0.6 is 0 Å². The lowest BCUT2D eigenvalue weighted by Gasteiger charge is -2.47. The summed E-state index contributed by atoms with van der Waals surface area (Å²) in [6.45, 7) is 6.13. The highest BCUT2D eigenvalue weighted by atomic mass is 32.3. The van der Waals surface area contributed by atoms with Gasteiger partial charge in [0.25, 0.3) is 6.47 Å². The van der Waals surface area contributed by atoms with E-state index in [0.29, 0.717) is 0 Å². The van der Waals surface area contributed by atoms with Gasteiger partial charge in [-0.3, -0.25) is 9.35 Å². The minimum atomic E-state index is -5.27. The molecule has 5 unspecified atom stereocenters. The van der Waals surface area contributed by atoms with E-state index in [1.165, 1.54) is 21.0 Å². The number of carbonyl (C=O) groups is 2. The summed E-state index contributed by atoms with van der Waals surface area (Å²) in [5, 5.41) is 63.3. The lowest BCUT2D eigenvalue weighted by atomic mass is 9.91. The monoisotopic (exact) mass is 836 g/mol. The Morgan fingerprint density at radius 3 is 1.89 bits per heavy atom. The zero-order chi connectivity index (χ0) is 41.2. The van der Waals surface area contributed by atoms with Crippen molar-refractivity contribution in [2.24, 2.45) is 5.92 Å². The van der Waals surface area contributed by atoms with Gasteiger partial charge in [0.05, 0.1) is 42.7 Å². The topological polar surface area (TPSA) is 321 Å². The number of carboxylic acids is 1. The molecule has 24 heteroatoms. The molecule has 0 aromatic rings. The molecule has 5 fully saturated rings. The summed E-state index contributed by atoms with van der Waals surface area (Å²) in [5.41, 5.74) is 0. The number of ether oxygens (including phenoxy) is 11. The first-order valence-corrected chi connectivity index (χ1v) is 19.5. The molecule has 0 amide bonds. The van der Waals surface area contributed by atoms with Gasteiger partial charge in [0.2, 0.25) is 6.29 Å². The van der Waals surface area contributed by atoms with Gasteiger partial charge in [-0.15, -0.1) is 0 Å². The Bertz CT molecular complexity index is 1380. The molecule has 0 aromatic heterocycles. The van der Waals surface area contributed by atoms with Crippen molar-refractivity contribution in [1.29, 1.82) is 0 Å². The van der Waals surface area contributed by atoms with Crippen LogP contribution in [0.15, 0.2) is 0 Å². The van der Waals surface area contributed by atoms with E-state index in [-0.39, 0.29) is 32.2 Å². The third-order valence-corrected chi connectivity index (χ3v) is 10.9. The van der Waals surface area contributed by atoms with Crippen molar-refractivity contribution in [3.05, 3.63) is 0 Å². The fourth-order valence-electron chi connectivity index (χ4n) is 7.32. The van der Waals surface area contributed by atoms with E-state index in [9.17, 15) is 53.2 Å². The van der Waals surface area contributed by atoms with Gasteiger partial charge in [-0.2, -0.15) is 8.42 Å². The molecule has 5 aliphatic rings. The predicted molar refractivity (Wildman–Crippen MR) is 176 cm³/mol. The van der Waals surface area contributed by atoms with E-state index in [0.717, 1.165) is 0 Å². The molecule has 0 radical (unpaired) electrons. The molecule has 7 N–H and O–H groups in total. The lowest BCUT2D eigenvalue weighted by Crippen LogP contribution is -2.63. The largest absolute Gasteiger partial charge is 0.479 e. The van der Waals surface area contributed by atoms with Gasteiger partial charge in [-0.05, 0) is 27.2 Å². The molecule has 5 rings (SSSR count). The van der Waals surface area contributed by atoms with Crippen molar-refractivity contribution in [3.63, 3.8) is 0 Å². The van der Waals surface area contributed by atoms with Crippen molar-refractivity contribution in [2.45, 2.75) is 177 Å². The molecule has 5 aliphatic heterocycles. The molecule has 0 spiro atoms. The van der Waals surface area contributed by atoms with Gasteiger partial charge in [-0.1, -0.05) is 6.92 Å². The Morgan fingerprint density at radius 2 is 1.30 bits per heavy atom. The maximum absolute atomic E-state index is 12.3. The van der Waals surface area contributed by atoms with E-state index in [2.05, 4.69) is 0 Å². The average molecular weight is 837 g/mol. The van der Waals surface area contributed by atoms with Gasteiger partial charge in [-0.25, -0.2) is 8.98 Å². The smallest absolute Gasteiger partial charge is 0.397 e. The van der Waals surface area contributed by atoms with E-state index >= 15 is 0 Å². The van der Waals surface area contributed by atoms with Crippen LogP contribution in [0.25, 0.3) is 0 Å². The number of hydrogen-bond acceptors (Lipinski definition) is 21. The van der Waals surface area contributed by atoms with Crippen LogP contribution < -0.4 is 0 Å². The lowest BCUT2D eigenvalue weighted by molar-refractivity contribution is -0.383. The SMILES string of the molecule is CO[C@@H]1C[C@@H](O)[C@H](O[C@@H]2OC(OC=O)[C@@H](O[C@@H]3CC[C@H](O[C@@H]4O[C@@H](C(=O)O)[C@@H](O[C@@H]5C[C@@H](O)[C@H](O)[C@H](C)O5)[C@H](O)C4C)C(C)O3)[C@H](O)C2OS(=O)(=O)O)C(C)O1. The van der Waals surface area contributed by atoms with Crippen LogP contribution in [0.1, 0.15) is 53.4 Å². The molecule has 5 saturated heterocycles. The summed E-state index contributed by atoms with van der Waals surface area (Å²) in [4.78, 5) is 23.7. The van der Waals surface area contributed by atoms with Gasteiger partial charge in [0, 0.05) is 32.3 Å². The van der Waals surface area contributed by atoms with E-state index in [1.54, 1.807) is 13.8 Å². The third kappa shape index (κ3) is 10.7. The van der Waals surface area contributed by atoms with Gasteiger partial charge in [0.1, 0.15) is 24.4 Å². The Labute approximate surface area is 321 Å². The second-order valence-electron chi connectivity index (χ2n) is 14.4. The van der Waals surface area contributed by atoms with E-state index < -0.39 is 145 Å². The summed E-state index contributed by atoms with van der Waals surface area (Å²) < 4.78 is 100. The molecule has 23 nitrogen and oxygen atoms in total. The summed E-state index contributed by atoms with van der Waals surface area (Å²) in [5.74, 6) is -2.33. The van der Waals surface area contributed by atoms with Crippen molar-refractivity contribution < 1.29 is 109 Å². The Hall–Kier alpha value is -1.79. The van der Waals surface area contributed by atoms with E-state index in [1.807, 2.05) is 0 Å². The van der Waals surface area contributed by atoms with Crippen molar-refractivity contribution in [1.82, 2.24) is 0 Å². The number of carboxylic acid groups (broad SMARTS) is 1. The molecular weight excluding hydrogens is 784 g/mol. The van der Waals surface area contributed by atoms with Crippen molar-refractivity contribution in [2.75, 3.05) is 7.11 Å². The molecular formula is C32H52O23S. The van der Waals surface area contributed by atoms with Crippen LogP contribution in [0.5, 0.6) is 0 Å². The molecule has 324 valence electrons. The number of hydrogen-bond donors (Lipinski definition) is 7. The molecule has 56 heavy (non-hydrogen) atoms. The summed E-state index contributed by atoms with van der Waals surface area (Å²) >= 11 is 0. The fourth-order valence-corrected chi connectivity index (χ4v) is 7.80. The average Bonchev–Trinajstić information content (AvgIpc) is 3.11. The number of carbonyl (C=O) groups excluding carboxylic acids is 1. The minimum Gasteiger partial charge on any atom is -0.479 e. The van der Waals surface area contributed by atoms with Crippen LogP contribution in [0.3, 0.4) is 0 Å². The highest BCUT2D eigenvalue weighted by Gasteiger charge is 2.54. The summed E-state index contributed by atoms with van der Waals surface area (Å²) in [6, 6.07) is 0. The highest BCUT2D eigenvalue weighted by molar-refractivity contribution is 7.80. The first-order chi connectivity index (χ1) is 26.3. The molecule has 0 saturated carbocycles. The quantitative estimate of drug-likeness (QED) is 0.0689. The second-order valence-corrected chi connectivity index (χ2v) is 15.4. The molecule has 0 aliphatic carbocycles. The second kappa shape index (κ2) is 19.1. The molecule has 0 bridgehead atoms.